The van der Waals surface area contributed by atoms with Gasteiger partial charge in [0.15, 0.2) is 0 Å². The molecular formula is C9H8Cl2F3N. The third kappa shape index (κ3) is 3.55. The zero-order chi connectivity index (χ0) is 11.6. The fourth-order valence-corrected chi connectivity index (χ4v) is 1.36. The fraction of sp³-hybridized carbons (Fsp3) is 0.333. The van der Waals surface area contributed by atoms with Crippen molar-refractivity contribution < 1.29 is 13.2 Å². The first-order chi connectivity index (χ1) is 6.80. The number of nitrogens with two attached hydrogens (primary N) is 1. The van der Waals surface area contributed by atoms with Gasteiger partial charge in [-0.05, 0) is 24.1 Å². The van der Waals surface area contributed by atoms with E-state index in [-0.39, 0.29) is 11.4 Å². The molecule has 0 heterocycles. The van der Waals surface area contributed by atoms with E-state index in [1.54, 1.807) is 0 Å². The molecule has 1 aromatic rings. The van der Waals surface area contributed by atoms with Crippen LogP contribution in [0.25, 0.3) is 0 Å². The second-order valence-corrected chi connectivity index (χ2v) is 3.92. The van der Waals surface area contributed by atoms with Gasteiger partial charge < -0.3 is 5.73 Å². The van der Waals surface area contributed by atoms with Crippen LogP contribution in [-0.2, 0) is 6.42 Å². The summed E-state index contributed by atoms with van der Waals surface area (Å²) < 4.78 is 36.4. The van der Waals surface area contributed by atoms with Crippen LogP contribution in [0.5, 0.6) is 0 Å². The van der Waals surface area contributed by atoms with E-state index in [1.807, 2.05) is 0 Å². The third-order valence-electron chi connectivity index (χ3n) is 1.86. The minimum atomic E-state index is -4.40. The summed E-state index contributed by atoms with van der Waals surface area (Å²) >= 11 is 11.3. The van der Waals surface area contributed by atoms with Crippen molar-refractivity contribution in [1.29, 1.82) is 0 Å². The maximum atomic E-state index is 12.1. The summed E-state index contributed by atoms with van der Waals surface area (Å²) in [5.41, 5.74) is 5.38. The predicted molar refractivity (Wildman–Crippen MR) is 54.2 cm³/mol. The van der Waals surface area contributed by atoms with Crippen LogP contribution in [0, 0.1) is 0 Å². The molecular weight excluding hydrogens is 250 g/mol. The largest absolute Gasteiger partial charge is 0.403 e. The third-order valence-corrected chi connectivity index (χ3v) is 2.60. The highest BCUT2D eigenvalue weighted by atomic mass is 35.5. The molecule has 0 radical (unpaired) electrons. The van der Waals surface area contributed by atoms with Crippen molar-refractivity contribution >= 4 is 23.2 Å². The molecule has 0 fully saturated rings. The van der Waals surface area contributed by atoms with Crippen molar-refractivity contribution in [3.05, 3.63) is 33.8 Å². The lowest BCUT2D eigenvalue weighted by Crippen LogP contribution is -2.39. The predicted octanol–water partition coefficient (Wildman–Crippen LogP) is 3.43. The second kappa shape index (κ2) is 4.60. The zero-order valence-corrected chi connectivity index (χ0v) is 9.00. The standard InChI is InChI=1S/C9H8Cl2F3N/c10-6-2-1-5(3-7(6)11)4-8(15)9(12,13)14/h1-3,8H,4,15H2. The Morgan fingerprint density at radius 2 is 1.80 bits per heavy atom. The van der Waals surface area contributed by atoms with Gasteiger partial charge in [-0.1, -0.05) is 29.3 Å². The zero-order valence-electron chi connectivity index (χ0n) is 7.48. The van der Waals surface area contributed by atoms with Gasteiger partial charge in [-0.2, -0.15) is 13.2 Å². The molecule has 1 nitrogen and oxygen atoms in total. The van der Waals surface area contributed by atoms with E-state index in [4.69, 9.17) is 28.9 Å². The van der Waals surface area contributed by atoms with Gasteiger partial charge in [-0.3, -0.25) is 0 Å². The molecule has 0 aliphatic carbocycles. The van der Waals surface area contributed by atoms with E-state index in [9.17, 15) is 13.2 Å². The molecule has 1 atom stereocenters. The summed E-state index contributed by atoms with van der Waals surface area (Å²) in [6.45, 7) is 0. The Bertz CT molecular complexity index is 352. The Morgan fingerprint density at radius 1 is 1.20 bits per heavy atom. The SMILES string of the molecule is NC(Cc1ccc(Cl)c(Cl)c1)C(F)(F)F. The average Bonchev–Trinajstić information content (AvgIpc) is 2.10. The van der Waals surface area contributed by atoms with Gasteiger partial charge in [-0.15, -0.1) is 0 Å². The van der Waals surface area contributed by atoms with Gasteiger partial charge in [0.05, 0.1) is 10.0 Å². The molecule has 1 unspecified atom stereocenters. The number of benzene rings is 1. The molecule has 1 aromatic carbocycles. The second-order valence-electron chi connectivity index (χ2n) is 3.10. The lowest BCUT2D eigenvalue weighted by atomic mass is 10.1. The highest BCUT2D eigenvalue weighted by Crippen LogP contribution is 2.26. The Labute approximate surface area is 95.0 Å². The topological polar surface area (TPSA) is 26.0 Å². The summed E-state index contributed by atoms with van der Waals surface area (Å²) in [5, 5.41) is 0.532. The monoisotopic (exact) mass is 257 g/mol. The summed E-state index contributed by atoms with van der Waals surface area (Å²) in [6, 6.07) is 2.42. The van der Waals surface area contributed by atoms with Crippen LogP contribution in [0.4, 0.5) is 13.2 Å². The Kier molecular flexibility index (Phi) is 3.87. The van der Waals surface area contributed by atoms with Crippen LogP contribution in [0.1, 0.15) is 5.56 Å². The summed E-state index contributed by atoms with van der Waals surface area (Å²) in [7, 11) is 0. The highest BCUT2D eigenvalue weighted by molar-refractivity contribution is 6.42. The average molecular weight is 258 g/mol. The van der Waals surface area contributed by atoms with E-state index >= 15 is 0 Å². The van der Waals surface area contributed by atoms with Gasteiger partial charge in [0.2, 0.25) is 0 Å². The molecule has 0 spiro atoms. The first kappa shape index (κ1) is 12.6. The van der Waals surface area contributed by atoms with Gasteiger partial charge in [0, 0.05) is 0 Å². The molecule has 15 heavy (non-hydrogen) atoms. The number of hydrogen-bond acceptors (Lipinski definition) is 1. The van der Waals surface area contributed by atoms with E-state index in [0.29, 0.717) is 10.6 Å². The van der Waals surface area contributed by atoms with Crippen molar-refractivity contribution in [1.82, 2.24) is 0 Å². The van der Waals surface area contributed by atoms with Crippen LogP contribution in [0.15, 0.2) is 18.2 Å². The molecule has 0 amide bonds. The maximum absolute atomic E-state index is 12.1. The Morgan fingerprint density at radius 3 is 2.27 bits per heavy atom. The molecule has 2 N–H and O–H groups in total. The summed E-state index contributed by atoms with van der Waals surface area (Å²) in [4.78, 5) is 0. The molecule has 0 saturated heterocycles. The number of halogens is 5. The van der Waals surface area contributed by atoms with Gasteiger partial charge in [0.1, 0.15) is 6.04 Å². The molecule has 0 saturated carbocycles. The van der Waals surface area contributed by atoms with Crippen molar-refractivity contribution in [2.24, 2.45) is 5.73 Å². The van der Waals surface area contributed by atoms with Crippen molar-refractivity contribution in [2.45, 2.75) is 18.6 Å². The molecule has 0 bridgehead atoms. The minimum absolute atomic E-state index is 0.226. The first-order valence-corrected chi connectivity index (χ1v) is 4.82. The fourth-order valence-electron chi connectivity index (χ4n) is 1.04. The molecule has 0 aliphatic heterocycles. The molecule has 0 aliphatic rings. The van der Waals surface area contributed by atoms with Crippen LogP contribution in [0.3, 0.4) is 0 Å². The van der Waals surface area contributed by atoms with Crippen LogP contribution < -0.4 is 5.73 Å². The molecule has 84 valence electrons. The maximum Gasteiger partial charge on any atom is 0.403 e. The molecule has 1 rings (SSSR count). The van der Waals surface area contributed by atoms with Gasteiger partial charge in [0.25, 0.3) is 0 Å². The van der Waals surface area contributed by atoms with Gasteiger partial charge in [-0.25, -0.2) is 0 Å². The Hall–Kier alpha value is -0.450. The first-order valence-electron chi connectivity index (χ1n) is 4.07. The van der Waals surface area contributed by atoms with Crippen LogP contribution in [-0.4, -0.2) is 12.2 Å². The molecule has 0 aromatic heterocycles. The minimum Gasteiger partial charge on any atom is -0.320 e. The van der Waals surface area contributed by atoms with Crippen molar-refractivity contribution in [3.8, 4) is 0 Å². The quantitative estimate of drug-likeness (QED) is 0.864. The number of alkyl halides is 3. The van der Waals surface area contributed by atoms with Crippen molar-refractivity contribution in [3.63, 3.8) is 0 Å². The molecule has 6 heteroatoms. The smallest absolute Gasteiger partial charge is 0.320 e. The normalized spacial score (nSPS) is 14.0. The van der Waals surface area contributed by atoms with E-state index < -0.39 is 12.2 Å². The van der Waals surface area contributed by atoms with Crippen molar-refractivity contribution in [2.75, 3.05) is 0 Å². The van der Waals surface area contributed by atoms with E-state index in [2.05, 4.69) is 0 Å². The lowest BCUT2D eigenvalue weighted by molar-refractivity contribution is -0.147. The lowest BCUT2D eigenvalue weighted by Gasteiger charge is -2.15. The van der Waals surface area contributed by atoms with E-state index in [1.165, 1.54) is 18.2 Å². The van der Waals surface area contributed by atoms with Gasteiger partial charge >= 0.3 is 6.18 Å². The van der Waals surface area contributed by atoms with Crippen LogP contribution >= 0.6 is 23.2 Å². The van der Waals surface area contributed by atoms with Crippen LogP contribution in [0.2, 0.25) is 10.0 Å². The summed E-state index contributed by atoms with van der Waals surface area (Å²) in [6.07, 6.45) is -4.70. The highest BCUT2D eigenvalue weighted by Gasteiger charge is 2.36. The summed E-state index contributed by atoms with van der Waals surface area (Å²) in [5.74, 6) is 0. The number of rotatable bonds is 2. The number of hydrogen-bond donors (Lipinski definition) is 1. The Balaban J connectivity index is 2.78. The van der Waals surface area contributed by atoms with E-state index in [0.717, 1.165) is 0 Å².